The number of furan rings is 1. The Morgan fingerprint density at radius 2 is 1.65 bits per heavy atom. The molecule has 2 aromatic heterocycles. The van der Waals surface area contributed by atoms with E-state index in [0.29, 0.717) is 29.4 Å². The number of amides is 2. The van der Waals surface area contributed by atoms with Gasteiger partial charge >= 0.3 is 0 Å². The van der Waals surface area contributed by atoms with Crippen molar-refractivity contribution >= 4 is 17.6 Å². The van der Waals surface area contributed by atoms with Gasteiger partial charge in [-0.05, 0) is 48.4 Å². The number of carbonyl (C=O) groups excluding carboxylic acids is 2. The molecule has 3 aromatic carbocycles. The third kappa shape index (κ3) is 6.18. The van der Waals surface area contributed by atoms with Crippen LogP contribution in [0.3, 0.4) is 0 Å². The lowest BCUT2D eigenvalue weighted by atomic mass is 9.95. The van der Waals surface area contributed by atoms with Gasteiger partial charge in [-0.2, -0.15) is 5.10 Å². The van der Waals surface area contributed by atoms with Gasteiger partial charge in [0.25, 0.3) is 0 Å². The Morgan fingerprint density at radius 1 is 0.950 bits per heavy atom. The zero-order valence-electron chi connectivity index (χ0n) is 22.0. The van der Waals surface area contributed by atoms with Gasteiger partial charge in [0, 0.05) is 11.6 Å². The van der Waals surface area contributed by atoms with Gasteiger partial charge in [-0.25, -0.2) is 9.07 Å². The zero-order valence-corrected chi connectivity index (χ0v) is 22.0. The molecule has 40 heavy (non-hydrogen) atoms. The average Bonchev–Trinajstić information content (AvgIpc) is 3.65. The van der Waals surface area contributed by atoms with Crippen molar-refractivity contribution in [2.75, 3.05) is 11.9 Å². The van der Waals surface area contributed by atoms with Crippen molar-refractivity contribution in [1.29, 1.82) is 0 Å². The lowest BCUT2D eigenvalue weighted by Gasteiger charge is -2.26. The molecule has 0 aliphatic carbocycles. The molecule has 2 amide bonds. The topological polar surface area (TPSA) is 80.4 Å². The van der Waals surface area contributed by atoms with Crippen molar-refractivity contribution < 1.29 is 18.4 Å². The van der Waals surface area contributed by atoms with E-state index in [-0.39, 0.29) is 24.8 Å². The normalized spacial score (nSPS) is 11.7. The summed E-state index contributed by atoms with van der Waals surface area (Å²) in [4.78, 5) is 28.7. The van der Waals surface area contributed by atoms with Gasteiger partial charge in [0.05, 0.1) is 30.1 Å². The molecule has 8 heteroatoms. The van der Waals surface area contributed by atoms with Crippen LogP contribution in [0, 0.1) is 5.82 Å². The zero-order chi connectivity index (χ0) is 27.9. The third-order valence-electron chi connectivity index (χ3n) is 6.60. The first-order valence-electron chi connectivity index (χ1n) is 13.1. The molecule has 0 radical (unpaired) electrons. The summed E-state index contributed by atoms with van der Waals surface area (Å²) in [6.45, 7) is 1.90. The third-order valence-corrected chi connectivity index (χ3v) is 6.60. The van der Waals surface area contributed by atoms with E-state index in [1.165, 1.54) is 17.0 Å². The second kappa shape index (κ2) is 12.3. The van der Waals surface area contributed by atoms with Crippen LogP contribution in [-0.2, 0) is 16.1 Å². The molecule has 0 aliphatic heterocycles. The van der Waals surface area contributed by atoms with E-state index in [9.17, 15) is 14.0 Å². The molecule has 0 aliphatic rings. The summed E-state index contributed by atoms with van der Waals surface area (Å²) in [5.41, 5.74) is 2.97. The van der Waals surface area contributed by atoms with Gasteiger partial charge in [-0.1, -0.05) is 67.6 Å². The summed E-state index contributed by atoms with van der Waals surface area (Å²) < 4.78 is 20.7. The summed E-state index contributed by atoms with van der Waals surface area (Å²) in [7, 11) is 0. The Balaban J connectivity index is 1.42. The molecule has 0 saturated heterocycles. The number of benzene rings is 3. The Hall–Kier alpha value is -4.98. The van der Waals surface area contributed by atoms with Crippen LogP contribution in [0.4, 0.5) is 10.2 Å². The van der Waals surface area contributed by atoms with Crippen molar-refractivity contribution in [1.82, 2.24) is 14.7 Å². The van der Waals surface area contributed by atoms with E-state index in [0.717, 1.165) is 11.1 Å². The number of nitrogens with one attached hydrogen (secondary N) is 1. The number of hydrogen-bond donors (Lipinski definition) is 1. The maximum Gasteiger partial charge on any atom is 0.245 e. The van der Waals surface area contributed by atoms with Crippen LogP contribution in [0.15, 0.2) is 114 Å². The SMILES string of the molecule is CC[C@H](C(=O)N(CC(=O)Nc1cc(-c2ccccc2)nn1-c1ccc(F)cc1)Cc1ccco1)c1ccccc1. The first-order chi connectivity index (χ1) is 19.5. The maximum absolute atomic E-state index is 13.7. The highest BCUT2D eigenvalue weighted by Gasteiger charge is 2.27. The Bertz CT molecular complexity index is 1550. The molecule has 1 atom stereocenters. The highest BCUT2D eigenvalue weighted by Crippen LogP contribution is 2.26. The molecule has 1 N–H and O–H groups in total. The lowest BCUT2D eigenvalue weighted by Crippen LogP contribution is -2.40. The molecule has 5 aromatic rings. The second-order valence-corrected chi connectivity index (χ2v) is 9.36. The van der Waals surface area contributed by atoms with Crippen molar-refractivity contribution in [2.24, 2.45) is 0 Å². The van der Waals surface area contributed by atoms with E-state index in [1.54, 1.807) is 41.3 Å². The molecule has 0 fully saturated rings. The highest BCUT2D eigenvalue weighted by molar-refractivity contribution is 5.95. The smallest absolute Gasteiger partial charge is 0.245 e. The number of aromatic nitrogens is 2. The number of nitrogens with zero attached hydrogens (tertiary/aromatic N) is 3. The van der Waals surface area contributed by atoms with Crippen molar-refractivity contribution in [3.63, 3.8) is 0 Å². The fourth-order valence-electron chi connectivity index (χ4n) is 4.62. The summed E-state index contributed by atoms with van der Waals surface area (Å²) in [6, 6.07) is 30.2. The number of anilines is 1. The molecule has 0 spiro atoms. The van der Waals surface area contributed by atoms with Crippen LogP contribution >= 0.6 is 0 Å². The molecule has 7 nitrogen and oxygen atoms in total. The van der Waals surface area contributed by atoms with E-state index in [2.05, 4.69) is 10.4 Å². The first-order valence-corrected chi connectivity index (χ1v) is 13.1. The molecular formula is C32H29FN4O3. The first kappa shape index (κ1) is 26.6. The van der Waals surface area contributed by atoms with Crippen LogP contribution in [0.25, 0.3) is 16.9 Å². The molecule has 0 saturated carbocycles. The Morgan fingerprint density at radius 3 is 2.30 bits per heavy atom. The van der Waals surface area contributed by atoms with Crippen LogP contribution in [-0.4, -0.2) is 33.0 Å². The quantitative estimate of drug-likeness (QED) is 0.223. The Kier molecular flexibility index (Phi) is 8.15. The predicted molar refractivity (Wildman–Crippen MR) is 151 cm³/mol. The fraction of sp³-hybridized carbons (Fsp3) is 0.156. The van der Waals surface area contributed by atoms with Crippen LogP contribution in [0.5, 0.6) is 0 Å². The summed E-state index contributed by atoms with van der Waals surface area (Å²) in [5.74, 6) is -0.371. The van der Waals surface area contributed by atoms with Gasteiger partial charge in [0.15, 0.2) is 0 Å². The average molecular weight is 537 g/mol. The minimum absolute atomic E-state index is 0.148. The molecule has 5 rings (SSSR count). The van der Waals surface area contributed by atoms with Crippen molar-refractivity contribution in [2.45, 2.75) is 25.8 Å². The number of halogens is 1. The van der Waals surface area contributed by atoms with Gasteiger partial charge in [-0.15, -0.1) is 0 Å². The van der Waals surface area contributed by atoms with Gasteiger partial charge in [-0.3, -0.25) is 9.59 Å². The summed E-state index contributed by atoms with van der Waals surface area (Å²) in [5, 5.41) is 7.59. The monoisotopic (exact) mass is 536 g/mol. The van der Waals surface area contributed by atoms with E-state index < -0.39 is 11.8 Å². The molecule has 202 valence electrons. The van der Waals surface area contributed by atoms with Crippen LogP contribution in [0.1, 0.15) is 30.6 Å². The number of hydrogen-bond acceptors (Lipinski definition) is 4. The van der Waals surface area contributed by atoms with E-state index in [1.807, 2.05) is 67.6 Å². The molecule has 2 heterocycles. The van der Waals surface area contributed by atoms with Gasteiger partial charge in [0.1, 0.15) is 23.9 Å². The minimum atomic E-state index is -0.404. The van der Waals surface area contributed by atoms with Crippen LogP contribution < -0.4 is 5.32 Å². The maximum atomic E-state index is 13.7. The number of carbonyl (C=O) groups is 2. The van der Waals surface area contributed by atoms with E-state index in [4.69, 9.17) is 4.42 Å². The molecule has 0 bridgehead atoms. The van der Waals surface area contributed by atoms with Crippen molar-refractivity contribution in [3.05, 3.63) is 127 Å². The van der Waals surface area contributed by atoms with Gasteiger partial charge < -0.3 is 14.6 Å². The lowest BCUT2D eigenvalue weighted by molar-refractivity contribution is -0.137. The second-order valence-electron chi connectivity index (χ2n) is 9.36. The minimum Gasteiger partial charge on any atom is -0.467 e. The molecule has 0 unspecified atom stereocenters. The predicted octanol–water partition coefficient (Wildman–Crippen LogP) is 6.43. The highest BCUT2D eigenvalue weighted by atomic mass is 19.1. The largest absolute Gasteiger partial charge is 0.467 e. The summed E-state index contributed by atoms with van der Waals surface area (Å²) in [6.07, 6.45) is 2.12. The summed E-state index contributed by atoms with van der Waals surface area (Å²) >= 11 is 0. The molecular weight excluding hydrogens is 507 g/mol. The number of rotatable bonds is 10. The standard InChI is InChI=1S/C32H29FN4O3/c1-2-28(23-10-5-3-6-11-23)32(39)36(21-27-14-9-19-40-27)22-31(38)34-30-20-29(24-12-7-4-8-13-24)35-37(30)26-17-15-25(33)16-18-26/h3-20,28H,2,21-22H2,1H3,(H,34,38)/t28-/m0/s1. The van der Waals surface area contributed by atoms with Gasteiger partial charge in [0.2, 0.25) is 11.8 Å². The van der Waals surface area contributed by atoms with E-state index >= 15 is 0 Å². The van der Waals surface area contributed by atoms with Crippen LogP contribution in [0.2, 0.25) is 0 Å². The fourth-order valence-corrected chi connectivity index (χ4v) is 4.62. The Labute approximate surface area is 231 Å². The van der Waals surface area contributed by atoms with Crippen molar-refractivity contribution in [3.8, 4) is 16.9 Å².